The maximum atomic E-state index is 12.0. The molecule has 0 atom stereocenters. The van der Waals surface area contributed by atoms with Crippen molar-refractivity contribution in [2.45, 2.75) is 6.54 Å². The van der Waals surface area contributed by atoms with Crippen LogP contribution < -0.4 is 15.8 Å². The van der Waals surface area contributed by atoms with Gasteiger partial charge >= 0.3 is 0 Å². The minimum atomic E-state index is -0.416. The van der Waals surface area contributed by atoms with Gasteiger partial charge in [0, 0.05) is 33.5 Å². The summed E-state index contributed by atoms with van der Waals surface area (Å²) in [6.45, 7) is 0.236. The van der Waals surface area contributed by atoms with Crippen molar-refractivity contribution in [3.8, 4) is 0 Å². The van der Waals surface area contributed by atoms with Gasteiger partial charge in [-0.1, -0.05) is 0 Å². The van der Waals surface area contributed by atoms with Crippen molar-refractivity contribution < 1.29 is 4.79 Å². The summed E-state index contributed by atoms with van der Waals surface area (Å²) >= 11 is 0. The molecule has 0 fully saturated rings. The number of anilines is 1. The van der Waals surface area contributed by atoms with Gasteiger partial charge in [-0.25, -0.2) is 9.97 Å². The number of amides is 1. The largest absolute Gasteiger partial charge is 0.347 e. The second-order valence-electron chi connectivity index (χ2n) is 4.76. The van der Waals surface area contributed by atoms with Gasteiger partial charge in [0.15, 0.2) is 0 Å². The molecule has 2 aromatic heterocycles. The standard InChI is InChI=1S/C14H17N5O2/c1-18(2)14-15-7-6-10(17-14)9-16-12(20)11-5-4-8-19(3)13(11)21/h4-8H,9H2,1-3H3,(H,16,20). The zero-order chi connectivity index (χ0) is 15.4. The van der Waals surface area contributed by atoms with Gasteiger partial charge in [0.1, 0.15) is 5.56 Å². The van der Waals surface area contributed by atoms with Crippen LogP contribution >= 0.6 is 0 Å². The van der Waals surface area contributed by atoms with Crippen LogP contribution in [0, 0.1) is 0 Å². The summed E-state index contributed by atoms with van der Waals surface area (Å²) in [5.41, 5.74) is 0.461. The van der Waals surface area contributed by atoms with Crippen molar-refractivity contribution in [1.29, 1.82) is 0 Å². The van der Waals surface area contributed by atoms with Crippen molar-refractivity contribution >= 4 is 11.9 Å². The van der Waals surface area contributed by atoms with E-state index in [0.717, 1.165) is 0 Å². The molecule has 0 saturated carbocycles. The van der Waals surface area contributed by atoms with Crippen LogP contribution in [0.3, 0.4) is 0 Å². The summed E-state index contributed by atoms with van der Waals surface area (Å²) in [4.78, 5) is 34.0. The molecule has 0 aliphatic rings. The Balaban J connectivity index is 2.09. The molecule has 0 radical (unpaired) electrons. The van der Waals surface area contributed by atoms with Gasteiger partial charge in [0.25, 0.3) is 11.5 Å². The molecule has 110 valence electrons. The highest BCUT2D eigenvalue weighted by Gasteiger charge is 2.11. The first-order valence-corrected chi connectivity index (χ1v) is 6.42. The maximum absolute atomic E-state index is 12.0. The zero-order valence-electron chi connectivity index (χ0n) is 12.2. The highest BCUT2D eigenvalue weighted by molar-refractivity contribution is 5.93. The van der Waals surface area contributed by atoms with E-state index in [-0.39, 0.29) is 17.7 Å². The van der Waals surface area contributed by atoms with Crippen LogP contribution in [0.15, 0.2) is 35.4 Å². The Morgan fingerprint density at radius 2 is 2.14 bits per heavy atom. The monoisotopic (exact) mass is 287 g/mol. The molecule has 0 aliphatic carbocycles. The third-order valence-electron chi connectivity index (χ3n) is 2.90. The van der Waals surface area contributed by atoms with Crippen molar-refractivity contribution in [3.05, 3.63) is 52.2 Å². The molecule has 1 amide bonds. The van der Waals surface area contributed by atoms with Crippen molar-refractivity contribution in [3.63, 3.8) is 0 Å². The molecule has 0 aromatic carbocycles. The van der Waals surface area contributed by atoms with Crippen LogP contribution in [0.25, 0.3) is 0 Å². The van der Waals surface area contributed by atoms with E-state index in [1.165, 1.54) is 10.6 Å². The summed E-state index contributed by atoms with van der Waals surface area (Å²) in [5, 5.41) is 2.69. The number of aryl methyl sites for hydroxylation is 1. The third-order valence-corrected chi connectivity index (χ3v) is 2.90. The van der Waals surface area contributed by atoms with Crippen LogP contribution in [0.5, 0.6) is 0 Å². The molecule has 2 heterocycles. The number of hydrogen-bond acceptors (Lipinski definition) is 5. The molecule has 7 heteroatoms. The Hall–Kier alpha value is -2.70. The molecule has 7 nitrogen and oxygen atoms in total. The van der Waals surface area contributed by atoms with Gasteiger partial charge in [-0.05, 0) is 18.2 Å². The molecule has 0 spiro atoms. The highest BCUT2D eigenvalue weighted by Crippen LogP contribution is 2.03. The lowest BCUT2D eigenvalue weighted by Gasteiger charge is -2.11. The molecule has 2 rings (SSSR count). The summed E-state index contributed by atoms with van der Waals surface area (Å²) in [7, 11) is 5.28. The van der Waals surface area contributed by atoms with E-state index in [2.05, 4.69) is 15.3 Å². The number of hydrogen-bond donors (Lipinski definition) is 1. The quantitative estimate of drug-likeness (QED) is 0.867. The molecule has 21 heavy (non-hydrogen) atoms. The number of rotatable bonds is 4. The predicted molar refractivity (Wildman–Crippen MR) is 79.2 cm³/mol. The summed E-state index contributed by atoms with van der Waals surface area (Å²) in [6.07, 6.45) is 3.23. The molecule has 0 aliphatic heterocycles. The van der Waals surface area contributed by atoms with Crippen LogP contribution in [0.4, 0.5) is 5.95 Å². The van der Waals surface area contributed by atoms with Gasteiger partial charge in [0.2, 0.25) is 5.95 Å². The van der Waals surface area contributed by atoms with E-state index in [4.69, 9.17) is 0 Å². The average Bonchev–Trinajstić information content (AvgIpc) is 2.48. The Morgan fingerprint density at radius 3 is 2.86 bits per heavy atom. The molecule has 0 unspecified atom stereocenters. The number of nitrogens with zero attached hydrogens (tertiary/aromatic N) is 4. The third kappa shape index (κ3) is 3.44. The number of carbonyl (C=O) groups excluding carboxylic acids is 1. The lowest BCUT2D eigenvalue weighted by molar-refractivity contribution is 0.0948. The Labute approximate surface area is 122 Å². The van der Waals surface area contributed by atoms with Crippen LogP contribution in [-0.2, 0) is 13.6 Å². The van der Waals surface area contributed by atoms with Crippen molar-refractivity contribution in [2.75, 3.05) is 19.0 Å². The van der Waals surface area contributed by atoms with Gasteiger partial charge in [-0.15, -0.1) is 0 Å². The highest BCUT2D eigenvalue weighted by atomic mass is 16.2. The van der Waals surface area contributed by atoms with Crippen LogP contribution in [0.1, 0.15) is 16.1 Å². The lowest BCUT2D eigenvalue weighted by Crippen LogP contribution is -2.31. The topological polar surface area (TPSA) is 80.1 Å². The number of aromatic nitrogens is 3. The Morgan fingerprint density at radius 1 is 1.38 bits per heavy atom. The molecule has 0 saturated heterocycles. The minimum absolute atomic E-state index is 0.113. The minimum Gasteiger partial charge on any atom is -0.347 e. The first kappa shape index (κ1) is 14.7. The average molecular weight is 287 g/mol. The predicted octanol–water partition coefficient (Wildman–Crippen LogP) is 0.171. The van der Waals surface area contributed by atoms with Gasteiger partial charge < -0.3 is 14.8 Å². The first-order valence-electron chi connectivity index (χ1n) is 6.42. The normalized spacial score (nSPS) is 10.2. The number of carbonyl (C=O) groups is 1. The van der Waals surface area contributed by atoms with Crippen LogP contribution in [-0.4, -0.2) is 34.5 Å². The molecule has 1 N–H and O–H groups in total. The number of pyridine rings is 1. The number of nitrogens with one attached hydrogen (secondary N) is 1. The maximum Gasteiger partial charge on any atom is 0.263 e. The summed E-state index contributed by atoms with van der Waals surface area (Å²) in [6, 6.07) is 4.88. The van der Waals surface area contributed by atoms with E-state index < -0.39 is 5.91 Å². The van der Waals surface area contributed by atoms with E-state index >= 15 is 0 Å². The van der Waals surface area contributed by atoms with E-state index in [1.54, 1.807) is 36.5 Å². The van der Waals surface area contributed by atoms with E-state index in [1.807, 2.05) is 14.1 Å². The lowest BCUT2D eigenvalue weighted by atomic mass is 10.2. The summed E-state index contributed by atoms with van der Waals surface area (Å²) < 4.78 is 1.36. The molecular weight excluding hydrogens is 270 g/mol. The van der Waals surface area contributed by atoms with Crippen molar-refractivity contribution in [2.24, 2.45) is 7.05 Å². The van der Waals surface area contributed by atoms with Gasteiger partial charge in [0.05, 0.1) is 12.2 Å². The molecule has 0 bridgehead atoms. The van der Waals surface area contributed by atoms with Crippen molar-refractivity contribution in [1.82, 2.24) is 19.9 Å². The zero-order valence-corrected chi connectivity index (χ0v) is 12.2. The molecule has 2 aromatic rings. The first-order chi connectivity index (χ1) is 9.99. The van der Waals surface area contributed by atoms with E-state index in [9.17, 15) is 9.59 Å². The Bertz CT molecular complexity index is 709. The smallest absolute Gasteiger partial charge is 0.263 e. The van der Waals surface area contributed by atoms with Gasteiger partial charge in [-0.3, -0.25) is 9.59 Å². The fraction of sp³-hybridized carbons (Fsp3) is 0.286. The van der Waals surface area contributed by atoms with Gasteiger partial charge in [-0.2, -0.15) is 0 Å². The molecular formula is C14H17N5O2. The second-order valence-corrected chi connectivity index (χ2v) is 4.76. The fourth-order valence-electron chi connectivity index (χ4n) is 1.73. The fourth-order valence-corrected chi connectivity index (χ4v) is 1.73. The SMILES string of the molecule is CN(C)c1nccc(CNC(=O)c2cccn(C)c2=O)n1. The van der Waals surface area contributed by atoms with Crippen LogP contribution in [0.2, 0.25) is 0 Å². The summed E-state index contributed by atoms with van der Waals surface area (Å²) in [5.74, 6) is 0.151. The van der Waals surface area contributed by atoms with E-state index in [0.29, 0.717) is 11.6 Å². The second kappa shape index (κ2) is 6.17. The Kier molecular flexibility index (Phi) is 4.32.